The lowest BCUT2D eigenvalue weighted by Gasteiger charge is -2.17. The van der Waals surface area contributed by atoms with Crippen molar-refractivity contribution in [2.24, 2.45) is 0 Å². The molecule has 2 aromatic rings. The smallest absolute Gasteiger partial charge is 0.338 e. The van der Waals surface area contributed by atoms with E-state index in [0.29, 0.717) is 6.54 Å². The largest absolute Gasteiger partial charge is 0.452 e. The number of esters is 1. The summed E-state index contributed by atoms with van der Waals surface area (Å²) in [6, 6.07) is 12.9. The van der Waals surface area contributed by atoms with Crippen molar-refractivity contribution in [1.82, 2.24) is 4.90 Å². The van der Waals surface area contributed by atoms with Crippen molar-refractivity contribution < 1.29 is 19.2 Å². The van der Waals surface area contributed by atoms with Crippen LogP contribution in [0.5, 0.6) is 0 Å². The van der Waals surface area contributed by atoms with Crippen LogP contribution in [0.1, 0.15) is 15.9 Å². The summed E-state index contributed by atoms with van der Waals surface area (Å²) in [7, 11) is 1.59. The molecule has 0 aromatic heterocycles. The van der Waals surface area contributed by atoms with Crippen LogP contribution in [-0.2, 0) is 16.1 Å². The van der Waals surface area contributed by atoms with Gasteiger partial charge in [0.25, 0.3) is 11.6 Å². The van der Waals surface area contributed by atoms with Gasteiger partial charge >= 0.3 is 5.97 Å². The Bertz CT molecular complexity index is 792. The van der Waals surface area contributed by atoms with E-state index in [2.05, 4.69) is 0 Å². The van der Waals surface area contributed by atoms with Crippen LogP contribution in [0.3, 0.4) is 0 Å². The number of carbonyl (C=O) groups excluding carboxylic acids is 2. The van der Waals surface area contributed by atoms with E-state index >= 15 is 0 Å². The highest BCUT2D eigenvalue weighted by molar-refractivity contribution is 5.92. The minimum Gasteiger partial charge on any atom is -0.452 e. The highest BCUT2D eigenvalue weighted by Crippen LogP contribution is 2.22. The van der Waals surface area contributed by atoms with Gasteiger partial charge in [0.2, 0.25) is 0 Å². The summed E-state index contributed by atoms with van der Waals surface area (Å²) in [5.74, 6) is -1.22. The number of nitrogens with zero attached hydrogens (tertiary/aromatic N) is 2. The molecule has 8 heteroatoms. The van der Waals surface area contributed by atoms with Gasteiger partial charge in [-0.1, -0.05) is 30.3 Å². The Labute approximate surface area is 144 Å². The standard InChI is InChI=1S/C17H17N3O5/c1-19(10-12-5-3-2-4-6-12)16(21)11-25-17(22)13-7-8-14(18)15(9-13)20(23)24/h2-9H,10-11,18H2,1H3. The number of anilines is 1. The molecule has 0 atom stereocenters. The van der Waals surface area contributed by atoms with Crippen molar-refractivity contribution in [2.45, 2.75) is 6.54 Å². The van der Waals surface area contributed by atoms with E-state index in [-0.39, 0.29) is 22.8 Å². The van der Waals surface area contributed by atoms with Crippen molar-refractivity contribution in [2.75, 3.05) is 19.4 Å². The molecule has 0 unspecified atom stereocenters. The van der Waals surface area contributed by atoms with Gasteiger partial charge in [-0.2, -0.15) is 0 Å². The van der Waals surface area contributed by atoms with Crippen molar-refractivity contribution >= 4 is 23.3 Å². The highest BCUT2D eigenvalue weighted by Gasteiger charge is 2.18. The van der Waals surface area contributed by atoms with Gasteiger partial charge in [0, 0.05) is 19.7 Å². The van der Waals surface area contributed by atoms with Crippen LogP contribution < -0.4 is 5.73 Å². The molecule has 0 aliphatic rings. The van der Waals surface area contributed by atoms with Crippen molar-refractivity contribution in [3.8, 4) is 0 Å². The molecular formula is C17H17N3O5. The number of benzene rings is 2. The average molecular weight is 343 g/mol. The molecule has 2 aromatic carbocycles. The zero-order valence-electron chi connectivity index (χ0n) is 13.5. The van der Waals surface area contributed by atoms with Crippen molar-refractivity contribution in [3.05, 3.63) is 69.8 Å². The summed E-state index contributed by atoms with van der Waals surface area (Å²) in [6.45, 7) is -0.0785. The molecule has 0 saturated carbocycles. The lowest BCUT2D eigenvalue weighted by atomic mass is 10.2. The molecule has 130 valence electrons. The molecule has 0 bridgehead atoms. The van der Waals surface area contributed by atoms with E-state index in [9.17, 15) is 19.7 Å². The van der Waals surface area contributed by atoms with Crippen LogP contribution in [-0.4, -0.2) is 35.4 Å². The monoisotopic (exact) mass is 343 g/mol. The Morgan fingerprint density at radius 3 is 2.52 bits per heavy atom. The first kappa shape index (κ1) is 17.9. The summed E-state index contributed by atoms with van der Waals surface area (Å²) in [5, 5.41) is 10.8. The van der Waals surface area contributed by atoms with E-state index in [1.54, 1.807) is 7.05 Å². The van der Waals surface area contributed by atoms with Crippen molar-refractivity contribution in [3.63, 3.8) is 0 Å². The Hall–Kier alpha value is -3.42. The average Bonchev–Trinajstić information content (AvgIpc) is 2.60. The highest BCUT2D eigenvalue weighted by atomic mass is 16.6. The number of ether oxygens (including phenoxy) is 1. The van der Waals surface area contributed by atoms with Gasteiger partial charge in [0.1, 0.15) is 5.69 Å². The zero-order valence-corrected chi connectivity index (χ0v) is 13.5. The van der Waals surface area contributed by atoms with E-state index < -0.39 is 17.5 Å². The summed E-state index contributed by atoms with van der Waals surface area (Å²) in [6.07, 6.45) is 0. The van der Waals surface area contributed by atoms with Gasteiger partial charge in [-0.15, -0.1) is 0 Å². The maximum Gasteiger partial charge on any atom is 0.338 e. The number of nitro groups is 1. The fourth-order valence-corrected chi connectivity index (χ4v) is 2.10. The Morgan fingerprint density at radius 1 is 1.20 bits per heavy atom. The molecule has 0 radical (unpaired) electrons. The summed E-state index contributed by atoms with van der Waals surface area (Å²) in [4.78, 5) is 35.6. The molecule has 0 fully saturated rings. The molecule has 0 aliphatic carbocycles. The minimum absolute atomic E-state index is 0.0422. The van der Waals surface area contributed by atoms with Gasteiger partial charge in [-0.25, -0.2) is 4.79 Å². The topological polar surface area (TPSA) is 116 Å². The Kier molecular flexibility index (Phi) is 5.67. The van der Waals surface area contributed by atoms with Gasteiger partial charge < -0.3 is 15.4 Å². The molecule has 0 saturated heterocycles. The number of hydrogen-bond acceptors (Lipinski definition) is 6. The van der Waals surface area contributed by atoms with Gasteiger partial charge in [-0.3, -0.25) is 14.9 Å². The molecule has 2 rings (SSSR count). The van der Waals surface area contributed by atoms with Gasteiger partial charge in [0.15, 0.2) is 6.61 Å². The first-order valence-corrected chi connectivity index (χ1v) is 7.37. The van der Waals surface area contributed by atoms with Gasteiger partial charge in [0.05, 0.1) is 10.5 Å². The third kappa shape index (κ3) is 4.77. The zero-order chi connectivity index (χ0) is 18.4. The van der Waals surface area contributed by atoms with Crippen molar-refractivity contribution in [1.29, 1.82) is 0 Å². The second-order valence-corrected chi connectivity index (χ2v) is 5.34. The number of likely N-dealkylation sites (N-methyl/N-ethyl adjacent to an activating group) is 1. The first-order valence-electron chi connectivity index (χ1n) is 7.37. The van der Waals surface area contributed by atoms with Gasteiger partial charge in [-0.05, 0) is 17.7 Å². The molecule has 1 amide bonds. The molecule has 0 aliphatic heterocycles. The maximum atomic E-state index is 12.0. The number of nitro benzene ring substituents is 1. The number of carbonyl (C=O) groups is 2. The second-order valence-electron chi connectivity index (χ2n) is 5.34. The first-order chi connectivity index (χ1) is 11.9. The summed E-state index contributed by atoms with van der Waals surface area (Å²) in [5.41, 5.74) is 5.93. The predicted molar refractivity (Wildman–Crippen MR) is 90.7 cm³/mol. The molecule has 8 nitrogen and oxygen atoms in total. The van der Waals surface area contributed by atoms with Crippen LogP contribution in [0.4, 0.5) is 11.4 Å². The fraction of sp³-hybridized carbons (Fsp3) is 0.176. The number of nitrogens with two attached hydrogens (primary N) is 1. The number of nitrogen functional groups attached to an aromatic ring is 1. The lowest BCUT2D eigenvalue weighted by Crippen LogP contribution is -2.30. The van der Waals surface area contributed by atoms with E-state index in [0.717, 1.165) is 11.6 Å². The van der Waals surface area contributed by atoms with E-state index in [1.807, 2.05) is 30.3 Å². The Balaban J connectivity index is 1.94. The summed E-state index contributed by atoms with van der Waals surface area (Å²) < 4.78 is 4.93. The maximum absolute atomic E-state index is 12.0. The number of hydrogen-bond donors (Lipinski definition) is 1. The van der Waals surface area contributed by atoms with Crippen LogP contribution in [0.15, 0.2) is 48.5 Å². The van der Waals surface area contributed by atoms with E-state index in [4.69, 9.17) is 10.5 Å². The fourth-order valence-electron chi connectivity index (χ4n) is 2.10. The predicted octanol–water partition coefficient (Wildman–Crippen LogP) is 1.99. The normalized spacial score (nSPS) is 10.1. The quantitative estimate of drug-likeness (QED) is 0.371. The van der Waals surface area contributed by atoms with Crippen LogP contribution in [0.25, 0.3) is 0 Å². The molecule has 2 N–H and O–H groups in total. The summed E-state index contributed by atoms with van der Waals surface area (Å²) >= 11 is 0. The Morgan fingerprint density at radius 2 is 1.88 bits per heavy atom. The van der Waals surface area contributed by atoms with E-state index in [1.165, 1.54) is 17.0 Å². The molecular weight excluding hydrogens is 326 g/mol. The SMILES string of the molecule is CN(Cc1ccccc1)C(=O)COC(=O)c1ccc(N)c([N+](=O)[O-])c1. The van der Waals surface area contributed by atoms with Crippen LogP contribution >= 0.6 is 0 Å². The molecule has 0 heterocycles. The molecule has 0 spiro atoms. The number of rotatable bonds is 6. The van der Waals surface area contributed by atoms with Crippen LogP contribution in [0, 0.1) is 10.1 Å². The third-order valence-corrected chi connectivity index (χ3v) is 3.48. The molecule has 25 heavy (non-hydrogen) atoms. The third-order valence-electron chi connectivity index (χ3n) is 3.48. The second kappa shape index (κ2) is 7.91. The lowest BCUT2D eigenvalue weighted by molar-refractivity contribution is -0.383. The number of amides is 1. The van der Waals surface area contributed by atoms with Crippen LogP contribution in [0.2, 0.25) is 0 Å². The minimum atomic E-state index is -0.829.